The second kappa shape index (κ2) is 7.15. The number of rotatable bonds is 5. The third-order valence-electron chi connectivity index (χ3n) is 3.22. The predicted molar refractivity (Wildman–Crippen MR) is 69.9 cm³/mol. The van der Waals surface area contributed by atoms with Gasteiger partial charge in [0.25, 0.3) is 0 Å². The average Bonchev–Trinajstić information content (AvgIpc) is 2.30. The number of hydrogen-bond acceptors (Lipinski definition) is 2. The molecule has 1 heterocycles. The van der Waals surface area contributed by atoms with Gasteiger partial charge in [-0.2, -0.15) is 0 Å². The molecule has 0 aromatic carbocycles. The number of amides is 1. The minimum absolute atomic E-state index is 0.189. The lowest BCUT2D eigenvalue weighted by Gasteiger charge is -2.40. The molecule has 0 saturated carbocycles. The molecule has 0 spiro atoms. The van der Waals surface area contributed by atoms with Crippen molar-refractivity contribution in [3.63, 3.8) is 0 Å². The van der Waals surface area contributed by atoms with E-state index in [1.807, 2.05) is 24.0 Å². The zero-order chi connectivity index (χ0) is 12.7. The van der Waals surface area contributed by atoms with Crippen molar-refractivity contribution in [2.45, 2.75) is 51.1 Å². The lowest BCUT2D eigenvalue weighted by molar-refractivity contribution is 0.0499. The highest BCUT2D eigenvalue weighted by Gasteiger charge is 2.33. The third-order valence-corrected chi connectivity index (χ3v) is 3.22. The predicted octanol–water partition coefficient (Wildman–Crippen LogP) is 3.52. The van der Waals surface area contributed by atoms with E-state index in [4.69, 9.17) is 4.74 Å². The minimum Gasteiger partial charge on any atom is -0.450 e. The van der Waals surface area contributed by atoms with Gasteiger partial charge in [0.2, 0.25) is 0 Å². The Morgan fingerprint density at radius 2 is 1.82 bits per heavy atom. The first-order valence-corrected chi connectivity index (χ1v) is 6.41. The Balaban J connectivity index is 2.78. The molecule has 1 aliphatic rings. The van der Waals surface area contributed by atoms with Crippen molar-refractivity contribution in [3.05, 3.63) is 25.3 Å². The van der Waals surface area contributed by atoms with E-state index in [0.29, 0.717) is 6.61 Å². The number of carbonyl (C=O) groups excluding carboxylic acids is 1. The van der Waals surface area contributed by atoms with Gasteiger partial charge in [-0.05, 0) is 39.0 Å². The standard InChI is InChI=1S/C14H23NO2/c1-4-8-12-10-7-11-13(9-5-2)15(12)14(16)17-6-3/h4-5,12-13H,1-2,6-11H2,3H3. The summed E-state index contributed by atoms with van der Waals surface area (Å²) in [6.07, 6.45) is 8.49. The smallest absolute Gasteiger partial charge is 0.410 e. The molecule has 17 heavy (non-hydrogen) atoms. The van der Waals surface area contributed by atoms with Crippen LogP contribution < -0.4 is 0 Å². The summed E-state index contributed by atoms with van der Waals surface area (Å²) in [5.74, 6) is 0. The van der Waals surface area contributed by atoms with E-state index in [9.17, 15) is 4.79 Å². The molecule has 96 valence electrons. The summed E-state index contributed by atoms with van der Waals surface area (Å²) < 4.78 is 5.15. The second-order valence-electron chi connectivity index (χ2n) is 4.39. The molecule has 0 aromatic heterocycles. The molecule has 1 aliphatic heterocycles. The van der Waals surface area contributed by atoms with Gasteiger partial charge in [0.05, 0.1) is 6.61 Å². The maximum atomic E-state index is 12.0. The molecule has 0 aromatic rings. The number of carbonyl (C=O) groups is 1. The molecule has 3 nitrogen and oxygen atoms in total. The van der Waals surface area contributed by atoms with E-state index >= 15 is 0 Å². The van der Waals surface area contributed by atoms with Gasteiger partial charge in [-0.25, -0.2) is 4.79 Å². The molecule has 2 unspecified atom stereocenters. The van der Waals surface area contributed by atoms with Crippen LogP contribution in [0.3, 0.4) is 0 Å². The van der Waals surface area contributed by atoms with Crippen LogP contribution in [0.4, 0.5) is 4.79 Å². The van der Waals surface area contributed by atoms with Crippen molar-refractivity contribution in [1.29, 1.82) is 0 Å². The Morgan fingerprint density at radius 3 is 2.24 bits per heavy atom. The first-order valence-electron chi connectivity index (χ1n) is 6.41. The fourth-order valence-electron chi connectivity index (χ4n) is 2.51. The lowest BCUT2D eigenvalue weighted by atomic mass is 9.92. The Hall–Kier alpha value is -1.25. The molecule has 1 rings (SSSR count). The Bertz CT molecular complexity index is 257. The van der Waals surface area contributed by atoms with Crippen LogP contribution in [0.1, 0.15) is 39.0 Å². The van der Waals surface area contributed by atoms with Gasteiger partial charge in [0.1, 0.15) is 0 Å². The zero-order valence-corrected chi connectivity index (χ0v) is 10.7. The molecule has 0 aliphatic carbocycles. The number of ether oxygens (including phenoxy) is 1. The van der Waals surface area contributed by atoms with Crippen molar-refractivity contribution >= 4 is 6.09 Å². The molecule has 0 bridgehead atoms. The second-order valence-corrected chi connectivity index (χ2v) is 4.39. The van der Waals surface area contributed by atoms with Crippen LogP contribution in [0, 0.1) is 0 Å². The van der Waals surface area contributed by atoms with Gasteiger partial charge in [-0.15, -0.1) is 13.2 Å². The highest BCUT2D eigenvalue weighted by Crippen LogP contribution is 2.28. The maximum Gasteiger partial charge on any atom is 0.410 e. The fourth-order valence-corrected chi connectivity index (χ4v) is 2.51. The van der Waals surface area contributed by atoms with E-state index in [1.165, 1.54) is 0 Å². The van der Waals surface area contributed by atoms with Crippen molar-refractivity contribution < 1.29 is 9.53 Å². The molecular formula is C14H23NO2. The molecule has 2 atom stereocenters. The molecule has 3 heteroatoms. The molecule has 1 amide bonds. The number of hydrogen-bond donors (Lipinski definition) is 0. The van der Waals surface area contributed by atoms with Gasteiger partial charge >= 0.3 is 6.09 Å². The van der Waals surface area contributed by atoms with Crippen LogP contribution in [0.2, 0.25) is 0 Å². The van der Waals surface area contributed by atoms with Crippen molar-refractivity contribution in [1.82, 2.24) is 4.90 Å². The molecular weight excluding hydrogens is 214 g/mol. The van der Waals surface area contributed by atoms with Crippen LogP contribution in [0.5, 0.6) is 0 Å². The van der Waals surface area contributed by atoms with Crippen LogP contribution in [-0.4, -0.2) is 29.7 Å². The van der Waals surface area contributed by atoms with E-state index in [-0.39, 0.29) is 18.2 Å². The highest BCUT2D eigenvalue weighted by molar-refractivity contribution is 5.68. The van der Waals surface area contributed by atoms with Crippen LogP contribution >= 0.6 is 0 Å². The number of likely N-dealkylation sites (tertiary alicyclic amines) is 1. The van der Waals surface area contributed by atoms with E-state index in [2.05, 4.69) is 13.2 Å². The molecule has 0 N–H and O–H groups in total. The largest absolute Gasteiger partial charge is 0.450 e. The highest BCUT2D eigenvalue weighted by atomic mass is 16.6. The third kappa shape index (κ3) is 3.62. The lowest BCUT2D eigenvalue weighted by Crippen LogP contribution is -2.50. The van der Waals surface area contributed by atoms with Gasteiger partial charge in [0, 0.05) is 12.1 Å². The zero-order valence-electron chi connectivity index (χ0n) is 10.7. The average molecular weight is 237 g/mol. The summed E-state index contributed by atoms with van der Waals surface area (Å²) in [7, 11) is 0. The van der Waals surface area contributed by atoms with Crippen molar-refractivity contribution in [2.75, 3.05) is 6.61 Å². The Morgan fingerprint density at radius 1 is 1.29 bits per heavy atom. The van der Waals surface area contributed by atoms with Crippen molar-refractivity contribution in [2.24, 2.45) is 0 Å². The van der Waals surface area contributed by atoms with Crippen LogP contribution in [0.25, 0.3) is 0 Å². The van der Waals surface area contributed by atoms with Gasteiger partial charge < -0.3 is 9.64 Å². The quantitative estimate of drug-likeness (QED) is 0.685. The summed E-state index contributed by atoms with van der Waals surface area (Å²) in [6.45, 7) is 9.80. The fraction of sp³-hybridized carbons (Fsp3) is 0.643. The van der Waals surface area contributed by atoms with Crippen LogP contribution in [-0.2, 0) is 4.74 Å². The minimum atomic E-state index is -0.189. The molecule has 1 fully saturated rings. The van der Waals surface area contributed by atoms with Crippen molar-refractivity contribution in [3.8, 4) is 0 Å². The summed E-state index contributed by atoms with van der Waals surface area (Å²) in [5, 5.41) is 0. The monoisotopic (exact) mass is 237 g/mol. The molecule has 0 radical (unpaired) electrons. The Kier molecular flexibility index (Phi) is 5.81. The first kappa shape index (κ1) is 13.8. The first-order chi connectivity index (χ1) is 8.24. The molecule has 1 saturated heterocycles. The van der Waals surface area contributed by atoms with Crippen LogP contribution in [0.15, 0.2) is 25.3 Å². The topological polar surface area (TPSA) is 29.5 Å². The SMILES string of the molecule is C=CCC1CCCC(CC=C)N1C(=O)OCC. The van der Waals surface area contributed by atoms with Gasteiger partial charge in [-0.1, -0.05) is 12.2 Å². The number of piperidine rings is 1. The number of nitrogens with zero attached hydrogens (tertiary/aromatic N) is 1. The van der Waals surface area contributed by atoms with E-state index in [1.54, 1.807) is 0 Å². The summed E-state index contributed by atoms with van der Waals surface area (Å²) in [4.78, 5) is 13.9. The normalized spacial score (nSPS) is 24.2. The van der Waals surface area contributed by atoms with E-state index < -0.39 is 0 Å². The van der Waals surface area contributed by atoms with E-state index in [0.717, 1.165) is 32.1 Å². The maximum absolute atomic E-state index is 12.0. The summed E-state index contributed by atoms with van der Waals surface area (Å²) in [6, 6.07) is 0.482. The summed E-state index contributed by atoms with van der Waals surface area (Å²) >= 11 is 0. The van der Waals surface area contributed by atoms with Gasteiger partial charge in [-0.3, -0.25) is 0 Å². The van der Waals surface area contributed by atoms with Gasteiger partial charge in [0.15, 0.2) is 0 Å². The summed E-state index contributed by atoms with van der Waals surface area (Å²) in [5.41, 5.74) is 0. The Labute approximate surface area is 104 Å².